The molecule has 0 heterocycles. The van der Waals surface area contributed by atoms with E-state index in [0.29, 0.717) is 6.04 Å². The normalized spacial score (nSPS) is 18.1. The van der Waals surface area contributed by atoms with Crippen molar-refractivity contribution in [2.75, 3.05) is 33.4 Å². The summed E-state index contributed by atoms with van der Waals surface area (Å²) in [5, 5.41) is 3.55. The van der Waals surface area contributed by atoms with Crippen LogP contribution in [0.15, 0.2) is 12.7 Å². The van der Waals surface area contributed by atoms with Gasteiger partial charge in [-0.1, -0.05) is 6.08 Å². The van der Waals surface area contributed by atoms with E-state index in [2.05, 4.69) is 23.7 Å². The van der Waals surface area contributed by atoms with Crippen molar-refractivity contribution >= 4 is 0 Å². The van der Waals surface area contributed by atoms with Crippen LogP contribution >= 0.6 is 0 Å². The lowest BCUT2D eigenvalue weighted by Gasteiger charge is -2.27. The fourth-order valence-corrected chi connectivity index (χ4v) is 1.62. The highest BCUT2D eigenvalue weighted by atomic mass is 16.5. The molecule has 0 aromatic heterocycles. The van der Waals surface area contributed by atoms with Gasteiger partial charge in [-0.2, -0.15) is 0 Å². The van der Waals surface area contributed by atoms with Crippen LogP contribution in [0.1, 0.15) is 19.8 Å². The van der Waals surface area contributed by atoms with Crippen molar-refractivity contribution in [3.63, 3.8) is 0 Å². The van der Waals surface area contributed by atoms with E-state index >= 15 is 0 Å². The number of rotatable bonds is 9. The summed E-state index contributed by atoms with van der Waals surface area (Å²) in [5.41, 5.74) is 0. The van der Waals surface area contributed by atoms with Crippen LogP contribution in [0.3, 0.4) is 0 Å². The summed E-state index contributed by atoms with van der Waals surface area (Å²) >= 11 is 0. The number of hydrogen-bond acceptors (Lipinski definition) is 3. The van der Waals surface area contributed by atoms with Crippen molar-refractivity contribution in [3.8, 4) is 0 Å². The van der Waals surface area contributed by atoms with Crippen LogP contribution in [0.5, 0.6) is 0 Å². The SMILES string of the molecule is C=CCN(CCOC)C(C)CNC1CC1. The van der Waals surface area contributed by atoms with E-state index in [1.165, 1.54) is 12.8 Å². The zero-order valence-electron chi connectivity index (χ0n) is 10.0. The number of nitrogens with one attached hydrogen (secondary N) is 1. The Bertz CT molecular complexity index is 180. The Kier molecular flexibility index (Phi) is 5.91. The second-order valence-corrected chi connectivity index (χ2v) is 4.31. The van der Waals surface area contributed by atoms with Crippen molar-refractivity contribution in [3.05, 3.63) is 12.7 Å². The summed E-state index contributed by atoms with van der Waals surface area (Å²) in [6.07, 6.45) is 4.67. The lowest BCUT2D eigenvalue weighted by molar-refractivity contribution is 0.132. The quantitative estimate of drug-likeness (QED) is 0.582. The van der Waals surface area contributed by atoms with Gasteiger partial charge in [0.25, 0.3) is 0 Å². The maximum Gasteiger partial charge on any atom is 0.0589 e. The molecular weight excluding hydrogens is 188 g/mol. The molecule has 1 saturated carbocycles. The van der Waals surface area contributed by atoms with E-state index in [1.807, 2.05) is 6.08 Å². The van der Waals surface area contributed by atoms with Gasteiger partial charge in [-0.05, 0) is 19.8 Å². The Labute approximate surface area is 93.5 Å². The first-order valence-electron chi connectivity index (χ1n) is 5.85. The molecule has 0 bridgehead atoms. The molecular formula is C12H24N2O. The van der Waals surface area contributed by atoms with Crippen LogP contribution in [0.2, 0.25) is 0 Å². The summed E-state index contributed by atoms with van der Waals surface area (Å²) in [5.74, 6) is 0. The van der Waals surface area contributed by atoms with Gasteiger partial charge >= 0.3 is 0 Å². The standard InChI is InChI=1S/C12H24N2O/c1-4-7-14(8-9-15-3)11(2)10-13-12-5-6-12/h4,11-13H,1,5-10H2,2-3H3. The number of ether oxygens (including phenoxy) is 1. The van der Waals surface area contributed by atoms with Gasteiger partial charge in [0.2, 0.25) is 0 Å². The molecule has 1 rings (SSSR count). The summed E-state index contributed by atoms with van der Waals surface area (Å²) in [7, 11) is 1.75. The Morgan fingerprint density at radius 3 is 2.87 bits per heavy atom. The van der Waals surface area contributed by atoms with Crippen LogP contribution in [0.25, 0.3) is 0 Å². The molecule has 3 nitrogen and oxygen atoms in total. The highest BCUT2D eigenvalue weighted by Crippen LogP contribution is 2.18. The predicted molar refractivity (Wildman–Crippen MR) is 64.1 cm³/mol. The Hall–Kier alpha value is -0.380. The lowest BCUT2D eigenvalue weighted by Crippen LogP contribution is -2.42. The first-order chi connectivity index (χ1) is 7.27. The van der Waals surface area contributed by atoms with Gasteiger partial charge < -0.3 is 10.1 Å². The topological polar surface area (TPSA) is 24.5 Å². The van der Waals surface area contributed by atoms with E-state index in [-0.39, 0.29) is 0 Å². The molecule has 0 amide bonds. The molecule has 88 valence electrons. The average molecular weight is 212 g/mol. The average Bonchev–Trinajstić information content (AvgIpc) is 3.04. The van der Waals surface area contributed by atoms with E-state index in [9.17, 15) is 0 Å². The first-order valence-corrected chi connectivity index (χ1v) is 5.85. The van der Waals surface area contributed by atoms with Crippen molar-refractivity contribution < 1.29 is 4.74 Å². The molecule has 15 heavy (non-hydrogen) atoms. The highest BCUT2D eigenvalue weighted by Gasteiger charge is 2.22. The lowest BCUT2D eigenvalue weighted by atomic mass is 10.2. The van der Waals surface area contributed by atoms with Gasteiger partial charge in [-0.3, -0.25) is 4.90 Å². The predicted octanol–water partition coefficient (Wildman–Crippen LogP) is 1.26. The van der Waals surface area contributed by atoms with Crippen LogP contribution in [-0.4, -0.2) is 50.3 Å². The number of nitrogens with zero attached hydrogens (tertiary/aromatic N) is 1. The second kappa shape index (κ2) is 6.99. The minimum Gasteiger partial charge on any atom is -0.383 e. The second-order valence-electron chi connectivity index (χ2n) is 4.31. The van der Waals surface area contributed by atoms with Crippen molar-refractivity contribution in [2.45, 2.75) is 31.8 Å². The van der Waals surface area contributed by atoms with Gasteiger partial charge in [0, 0.05) is 38.8 Å². The molecule has 0 aromatic rings. The largest absolute Gasteiger partial charge is 0.383 e. The molecule has 0 aliphatic heterocycles. The van der Waals surface area contributed by atoms with Crippen molar-refractivity contribution in [1.82, 2.24) is 10.2 Å². The maximum atomic E-state index is 5.11. The van der Waals surface area contributed by atoms with E-state index in [4.69, 9.17) is 4.74 Å². The molecule has 1 N–H and O–H groups in total. The fraction of sp³-hybridized carbons (Fsp3) is 0.833. The molecule has 1 unspecified atom stereocenters. The molecule has 0 aromatic carbocycles. The molecule has 1 aliphatic carbocycles. The van der Waals surface area contributed by atoms with Crippen LogP contribution < -0.4 is 5.32 Å². The molecule has 3 heteroatoms. The highest BCUT2D eigenvalue weighted by molar-refractivity contribution is 4.84. The zero-order chi connectivity index (χ0) is 11.1. The van der Waals surface area contributed by atoms with Crippen LogP contribution in [0.4, 0.5) is 0 Å². The third kappa shape index (κ3) is 5.30. The monoisotopic (exact) mass is 212 g/mol. The minimum absolute atomic E-state index is 0.554. The molecule has 0 saturated heterocycles. The minimum atomic E-state index is 0.554. The van der Waals surface area contributed by atoms with Gasteiger partial charge in [-0.15, -0.1) is 6.58 Å². The van der Waals surface area contributed by atoms with Gasteiger partial charge in [0.1, 0.15) is 0 Å². The van der Waals surface area contributed by atoms with Gasteiger partial charge in [0.05, 0.1) is 6.61 Å². The number of hydrogen-bond donors (Lipinski definition) is 1. The van der Waals surface area contributed by atoms with Crippen LogP contribution in [-0.2, 0) is 4.74 Å². The molecule has 1 aliphatic rings. The summed E-state index contributed by atoms with van der Waals surface area (Å²) < 4.78 is 5.11. The molecule has 0 radical (unpaired) electrons. The van der Waals surface area contributed by atoms with Gasteiger partial charge in [0.15, 0.2) is 0 Å². The Balaban J connectivity index is 2.20. The Morgan fingerprint density at radius 2 is 2.33 bits per heavy atom. The molecule has 1 atom stereocenters. The number of methoxy groups -OCH3 is 1. The van der Waals surface area contributed by atoms with E-state index < -0.39 is 0 Å². The van der Waals surface area contributed by atoms with Gasteiger partial charge in [-0.25, -0.2) is 0 Å². The summed E-state index contributed by atoms with van der Waals surface area (Å²) in [4.78, 5) is 2.39. The third-order valence-electron chi connectivity index (χ3n) is 2.85. The summed E-state index contributed by atoms with van der Waals surface area (Å²) in [6, 6.07) is 1.35. The molecule has 1 fully saturated rings. The van der Waals surface area contributed by atoms with E-state index in [0.717, 1.165) is 32.3 Å². The smallest absolute Gasteiger partial charge is 0.0589 e. The van der Waals surface area contributed by atoms with E-state index in [1.54, 1.807) is 7.11 Å². The fourth-order valence-electron chi connectivity index (χ4n) is 1.62. The molecule has 0 spiro atoms. The third-order valence-corrected chi connectivity index (χ3v) is 2.85. The van der Waals surface area contributed by atoms with Crippen molar-refractivity contribution in [2.24, 2.45) is 0 Å². The zero-order valence-corrected chi connectivity index (χ0v) is 10.0. The maximum absolute atomic E-state index is 5.11. The van der Waals surface area contributed by atoms with Crippen molar-refractivity contribution in [1.29, 1.82) is 0 Å². The summed E-state index contributed by atoms with van der Waals surface area (Å²) in [6.45, 7) is 9.84. The first kappa shape index (κ1) is 12.7. The van der Waals surface area contributed by atoms with Crippen LogP contribution in [0, 0.1) is 0 Å². The Morgan fingerprint density at radius 1 is 1.60 bits per heavy atom.